The minimum atomic E-state index is -0.409. The van der Waals surface area contributed by atoms with Crippen LogP contribution in [0.1, 0.15) is 81.5 Å². The van der Waals surface area contributed by atoms with Crippen LogP contribution < -0.4 is 15.4 Å². The molecule has 0 atom stereocenters. The van der Waals surface area contributed by atoms with Crippen LogP contribution in [0.3, 0.4) is 0 Å². The highest BCUT2D eigenvalue weighted by atomic mass is 16.5. The summed E-state index contributed by atoms with van der Waals surface area (Å²) in [6, 6.07) is 7.13. The molecule has 1 saturated carbocycles. The van der Waals surface area contributed by atoms with E-state index in [2.05, 4.69) is 10.6 Å². The van der Waals surface area contributed by atoms with Crippen LogP contribution in [-0.4, -0.2) is 53.4 Å². The van der Waals surface area contributed by atoms with Crippen LogP contribution in [0.2, 0.25) is 0 Å². The lowest BCUT2D eigenvalue weighted by Gasteiger charge is -2.41. The number of carbonyl (C=O) groups excluding carboxylic acids is 3. The Morgan fingerprint density at radius 1 is 1.00 bits per heavy atom. The minimum absolute atomic E-state index is 0.00722. The molecule has 0 bridgehead atoms. The second-order valence-corrected chi connectivity index (χ2v) is 9.48. The molecule has 4 rings (SSSR count). The topological polar surface area (TPSA) is 87.7 Å². The van der Waals surface area contributed by atoms with E-state index in [0.717, 1.165) is 37.9 Å². The molecule has 2 heterocycles. The minimum Gasteiger partial charge on any atom is -0.494 e. The van der Waals surface area contributed by atoms with Crippen molar-refractivity contribution >= 4 is 17.6 Å². The zero-order chi connectivity index (χ0) is 22.6. The molecule has 2 amide bonds. The number of ketones is 1. The van der Waals surface area contributed by atoms with Crippen molar-refractivity contribution in [1.82, 2.24) is 15.5 Å². The van der Waals surface area contributed by atoms with Gasteiger partial charge in [0, 0.05) is 44.3 Å². The van der Waals surface area contributed by atoms with E-state index in [1.807, 2.05) is 11.8 Å². The largest absolute Gasteiger partial charge is 0.494 e. The van der Waals surface area contributed by atoms with Gasteiger partial charge in [-0.15, -0.1) is 0 Å². The molecule has 2 spiro atoms. The summed E-state index contributed by atoms with van der Waals surface area (Å²) in [5.41, 5.74) is -0.189. The number of likely N-dealkylation sites (tertiary alicyclic amines) is 1. The highest BCUT2D eigenvalue weighted by Crippen LogP contribution is 2.37. The summed E-state index contributed by atoms with van der Waals surface area (Å²) in [6.07, 6.45) is 7.93. The van der Waals surface area contributed by atoms with Crippen LogP contribution in [0.4, 0.5) is 0 Å². The molecular weight excluding hydrogens is 406 g/mol. The van der Waals surface area contributed by atoms with E-state index >= 15 is 0 Å². The maximum Gasteiger partial charge on any atom is 0.241 e. The highest BCUT2D eigenvalue weighted by molar-refractivity contribution is 5.98. The number of hydrogen-bond acceptors (Lipinski definition) is 5. The number of piperidine rings is 1. The lowest BCUT2D eigenvalue weighted by molar-refractivity contribution is -0.133. The third-order valence-corrected chi connectivity index (χ3v) is 7.16. The van der Waals surface area contributed by atoms with E-state index in [-0.39, 0.29) is 36.1 Å². The first kappa shape index (κ1) is 22.8. The van der Waals surface area contributed by atoms with Crippen molar-refractivity contribution in [3.63, 3.8) is 0 Å². The normalized spacial score (nSPS) is 21.5. The summed E-state index contributed by atoms with van der Waals surface area (Å²) < 4.78 is 5.55. The molecule has 0 unspecified atom stereocenters. The fourth-order valence-corrected chi connectivity index (χ4v) is 5.26. The second-order valence-electron chi connectivity index (χ2n) is 9.48. The van der Waals surface area contributed by atoms with Gasteiger partial charge in [-0.2, -0.15) is 0 Å². The first-order valence-corrected chi connectivity index (χ1v) is 12.1. The molecular formula is C25H35N3O4. The number of ether oxygens (including phenoxy) is 1. The number of rotatable bonds is 7. The molecule has 2 N–H and O–H groups in total. The maximum atomic E-state index is 12.7. The van der Waals surface area contributed by atoms with Gasteiger partial charge in [0.1, 0.15) is 5.75 Å². The van der Waals surface area contributed by atoms with Crippen LogP contribution >= 0.6 is 0 Å². The third kappa shape index (κ3) is 4.82. The summed E-state index contributed by atoms with van der Waals surface area (Å²) in [7, 11) is 0. The van der Waals surface area contributed by atoms with E-state index in [4.69, 9.17) is 4.74 Å². The van der Waals surface area contributed by atoms with Gasteiger partial charge in [-0.05, 0) is 43.5 Å². The Balaban J connectivity index is 1.24. The first-order chi connectivity index (χ1) is 15.5. The van der Waals surface area contributed by atoms with Crippen molar-refractivity contribution < 1.29 is 19.1 Å². The monoisotopic (exact) mass is 441 g/mol. The molecule has 3 fully saturated rings. The number of nitrogens with zero attached hydrogens (tertiary/aromatic N) is 1. The third-order valence-electron chi connectivity index (χ3n) is 7.16. The number of nitrogens with one attached hydrogen (secondary N) is 2. The zero-order valence-corrected chi connectivity index (χ0v) is 19.1. The molecule has 7 nitrogen and oxygen atoms in total. The van der Waals surface area contributed by atoms with Gasteiger partial charge in [0.25, 0.3) is 0 Å². The van der Waals surface area contributed by atoms with Crippen molar-refractivity contribution in [3.8, 4) is 5.75 Å². The summed E-state index contributed by atoms with van der Waals surface area (Å²) in [5, 5.41) is 6.88. The van der Waals surface area contributed by atoms with Gasteiger partial charge < -0.3 is 15.0 Å². The predicted octanol–water partition coefficient (Wildman–Crippen LogP) is 3.18. The first-order valence-electron chi connectivity index (χ1n) is 12.1. The summed E-state index contributed by atoms with van der Waals surface area (Å²) in [5.74, 6) is 0.865. The van der Waals surface area contributed by atoms with E-state index in [9.17, 15) is 14.4 Å². The Labute approximate surface area is 190 Å². The number of hydrogen-bond donors (Lipinski definition) is 2. The van der Waals surface area contributed by atoms with Crippen LogP contribution in [0.25, 0.3) is 0 Å². The van der Waals surface area contributed by atoms with Crippen LogP contribution in [-0.2, 0) is 9.59 Å². The molecule has 1 aromatic carbocycles. The number of carbonyl (C=O) groups is 3. The van der Waals surface area contributed by atoms with Gasteiger partial charge in [0.05, 0.1) is 17.8 Å². The summed E-state index contributed by atoms with van der Waals surface area (Å²) in [4.78, 5) is 39.8. The number of benzene rings is 1. The molecule has 174 valence electrons. The van der Waals surface area contributed by atoms with Crippen molar-refractivity contribution in [3.05, 3.63) is 29.8 Å². The molecule has 1 aliphatic carbocycles. The number of amides is 2. The lowest BCUT2D eigenvalue weighted by Crippen LogP contribution is -2.60. The van der Waals surface area contributed by atoms with Crippen molar-refractivity contribution in [2.45, 2.75) is 82.3 Å². The van der Waals surface area contributed by atoms with Gasteiger partial charge >= 0.3 is 0 Å². The average molecular weight is 442 g/mol. The Morgan fingerprint density at radius 2 is 1.69 bits per heavy atom. The molecule has 7 heteroatoms. The highest BCUT2D eigenvalue weighted by Gasteiger charge is 2.54. The predicted molar refractivity (Wildman–Crippen MR) is 121 cm³/mol. The molecule has 32 heavy (non-hydrogen) atoms. The Hall–Kier alpha value is -2.41. The van der Waals surface area contributed by atoms with E-state index in [1.54, 1.807) is 24.3 Å². The van der Waals surface area contributed by atoms with Crippen LogP contribution in [0, 0.1) is 0 Å². The standard InChI is InChI=1S/C25H35N3O4/c1-2-18-32-20-8-6-19(7-9-20)21(29)10-11-22(30)28-16-14-25(15-17-28)26-23(31)24(27-25)12-4-3-5-13-24/h6-9,27H,2-5,10-18H2,1H3,(H,26,31). The van der Waals surface area contributed by atoms with Gasteiger partial charge in [-0.25, -0.2) is 0 Å². The fraction of sp³-hybridized carbons (Fsp3) is 0.640. The lowest BCUT2D eigenvalue weighted by atomic mass is 9.81. The Morgan fingerprint density at radius 3 is 2.34 bits per heavy atom. The Kier molecular flexibility index (Phi) is 6.84. The Bertz CT molecular complexity index is 837. The molecule has 0 radical (unpaired) electrons. The van der Waals surface area contributed by atoms with Gasteiger partial charge in [-0.1, -0.05) is 26.2 Å². The zero-order valence-electron chi connectivity index (χ0n) is 19.1. The molecule has 1 aromatic rings. The van der Waals surface area contributed by atoms with Gasteiger partial charge in [0.15, 0.2) is 5.78 Å². The van der Waals surface area contributed by atoms with E-state index in [0.29, 0.717) is 38.1 Å². The summed E-state index contributed by atoms with van der Waals surface area (Å²) >= 11 is 0. The van der Waals surface area contributed by atoms with Gasteiger partial charge in [0.2, 0.25) is 11.8 Å². The second kappa shape index (κ2) is 9.61. The van der Waals surface area contributed by atoms with Crippen molar-refractivity contribution in [2.24, 2.45) is 0 Å². The molecule has 0 aromatic heterocycles. The average Bonchev–Trinajstić information content (AvgIpc) is 3.07. The van der Waals surface area contributed by atoms with E-state index < -0.39 is 5.54 Å². The smallest absolute Gasteiger partial charge is 0.241 e. The summed E-state index contributed by atoms with van der Waals surface area (Å²) in [6.45, 7) is 3.89. The van der Waals surface area contributed by atoms with Crippen molar-refractivity contribution in [2.75, 3.05) is 19.7 Å². The van der Waals surface area contributed by atoms with Gasteiger partial charge in [-0.3, -0.25) is 19.7 Å². The van der Waals surface area contributed by atoms with Crippen LogP contribution in [0.15, 0.2) is 24.3 Å². The molecule has 3 aliphatic rings. The quantitative estimate of drug-likeness (QED) is 0.635. The fourth-order valence-electron chi connectivity index (χ4n) is 5.26. The van der Waals surface area contributed by atoms with Crippen molar-refractivity contribution in [1.29, 1.82) is 0 Å². The number of Topliss-reactive ketones (excluding diaryl/α,β-unsaturated/α-hetero) is 1. The maximum absolute atomic E-state index is 12.7. The molecule has 2 aliphatic heterocycles. The SMILES string of the molecule is CCCOc1ccc(C(=O)CCC(=O)N2CCC3(CC2)NC(=O)C2(CCCCC2)N3)cc1. The van der Waals surface area contributed by atoms with Crippen LogP contribution in [0.5, 0.6) is 5.75 Å². The van der Waals surface area contributed by atoms with E-state index in [1.165, 1.54) is 6.42 Å². The molecule has 2 saturated heterocycles.